The van der Waals surface area contributed by atoms with Crippen molar-refractivity contribution in [2.75, 3.05) is 10.6 Å². The van der Waals surface area contributed by atoms with Crippen LogP contribution in [0, 0.1) is 0 Å². The maximum atomic E-state index is 12.0. The lowest BCUT2D eigenvalue weighted by molar-refractivity contribution is -0.133. The van der Waals surface area contributed by atoms with Crippen LogP contribution in [-0.2, 0) is 16.0 Å². The number of benzene rings is 2. The van der Waals surface area contributed by atoms with Crippen LogP contribution in [0.1, 0.15) is 22.8 Å². The predicted octanol–water partition coefficient (Wildman–Crippen LogP) is 1.93. The van der Waals surface area contributed by atoms with Crippen LogP contribution in [-0.4, -0.2) is 17.7 Å². The fourth-order valence-corrected chi connectivity index (χ4v) is 2.04. The molecule has 0 spiro atoms. The summed E-state index contributed by atoms with van der Waals surface area (Å²) in [7, 11) is 0. The molecule has 0 fully saturated rings. The number of nitrogens with two attached hydrogens (primary N) is 1. The summed E-state index contributed by atoms with van der Waals surface area (Å²) in [4.78, 5) is 34.9. The fourth-order valence-electron chi connectivity index (χ4n) is 2.04. The SMILES string of the molecule is CCc1ccccc1NC(=O)C(=O)Nc1ccc(C(N)=O)cc1. The molecule has 0 saturated carbocycles. The molecule has 0 aliphatic carbocycles. The van der Waals surface area contributed by atoms with E-state index in [2.05, 4.69) is 10.6 Å². The highest BCUT2D eigenvalue weighted by atomic mass is 16.2. The van der Waals surface area contributed by atoms with Crippen LogP contribution in [0.25, 0.3) is 0 Å². The molecule has 6 nitrogen and oxygen atoms in total. The largest absolute Gasteiger partial charge is 0.366 e. The molecule has 0 saturated heterocycles. The van der Waals surface area contributed by atoms with Crippen molar-refractivity contribution in [1.82, 2.24) is 0 Å². The minimum Gasteiger partial charge on any atom is -0.366 e. The smallest absolute Gasteiger partial charge is 0.314 e. The van der Waals surface area contributed by atoms with Gasteiger partial charge in [0.2, 0.25) is 5.91 Å². The maximum absolute atomic E-state index is 12.0. The van der Waals surface area contributed by atoms with E-state index in [0.717, 1.165) is 12.0 Å². The second kappa shape index (κ2) is 7.22. The van der Waals surface area contributed by atoms with E-state index in [-0.39, 0.29) is 0 Å². The summed E-state index contributed by atoms with van der Waals surface area (Å²) < 4.78 is 0. The van der Waals surface area contributed by atoms with Crippen LogP contribution >= 0.6 is 0 Å². The Morgan fingerprint density at radius 1 is 0.913 bits per heavy atom. The molecule has 23 heavy (non-hydrogen) atoms. The van der Waals surface area contributed by atoms with Crippen LogP contribution in [0.15, 0.2) is 48.5 Å². The van der Waals surface area contributed by atoms with E-state index in [9.17, 15) is 14.4 Å². The number of hydrogen-bond donors (Lipinski definition) is 3. The van der Waals surface area contributed by atoms with Crippen molar-refractivity contribution >= 4 is 29.1 Å². The van der Waals surface area contributed by atoms with Crippen molar-refractivity contribution in [3.8, 4) is 0 Å². The average molecular weight is 311 g/mol. The summed E-state index contributed by atoms with van der Waals surface area (Å²) in [5.41, 5.74) is 7.42. The Balaban J connectivity index is 2.02. The van der Waals surface area contributed by atoms with E-state index in [1.165, 1.54) is 24.3 Å². The molecule has 0 unspecified atom stereocenters. The highest BCUT2D eigenvalue weighted by Crippen LogP contribution is 2.15. The normalized spacial score (nSPS) is 9.96. The molecule has 2 aromatic carbocycles. The number of primary amides is 1. The van der Waals surface area contributed by atoms with Gasteiger partial charge in [-0.1, -0.05) is 25.1 Å². The van der Waals surface area contributed by atoms with E-state index < -0.39 is 17.7 Å². The maximum Gasteiger partial charge on any atom is 0.314 e. The number of carbonyl (C=O) groups is 3. The first-order chi connectivity index (χ1) is 11.0. The Labute approximate surface area is 133 Å². The Kier molecular flexibility index (Phi) is 5.09. The molecule has 0 aliphatic heterocycles. The second-order valence-corrected chi connectivity index (χ2v) is 4.86. The first-order valence-electron chi connectivity index (χ1n) is 7.11. The number of nitrogens with one attached hydrogen (secondary N) is 2. The van der Waals surface area contributed by atoms with Gasteiger partial charge in [0.25, 0.3) is 0 Å². The van der Waals surface area contributed by atoms with Crippen molar-refractivity contribution in [3.63, 3.8) is 0 Å². The number of carbonyl (C=O) groups excluding carboxylic acids is 3. The Hall–Kier alpha value is -3.15. The van der Waals surface area contributed by atoms with E-state index in [4.69, 9.17) is 5.73 Å². The molecule has 0 aromatic heterocycles. The van der Waals surface area contributed by atoms with Crippen LogP contribution in [0.4, 0.5) is 11.4 Å². The lowest BCUT2D eigenvalue weighted by atomic mass is 10.1. The van der Waals surface area contributed by atoms with Crippen molar-refractivity contribution in [2.45, 2.75) is 13.3 Å². The summed E-state index contributed by atoms with van der Waals surface area (Å²) in [6.07, 6.45) is 0.743. The molecule has 0 aliphatic rings. The molecular weight excluding hydrogens is 294 g/mol. The lowest BCUT2D eigenvalue weighted by Gasteiger charge is -2.10. The van der Waals surface area contributed by atoms with Crippen LogP contribution < -0.4 is 16.4 Å². The first kappa shape index (κ1) is 16.2. The molecule has 0 bridgehead atoms. The van der Waals surface area contributed by atoms with Gasteiger partial charge in [-0.3, -0.25) is 14.4 Å². The van der Waals surface area contributed by atoms with Gasteiger partial charge in [0.1, 0.15) is 0 Å². The fraction of sp³-hybridized carbons (Fsp3) is 0.118. The minimum absolute atomic E-state index is 0.323. The summed E-state index contributed by atoms with van der Waals surface area (Å²) >= 11 is 0. The standard InChI is InChI=1S/C17H17N3O3/c1-2-11-5-3-4-6-14(11)20-17(23)16(22)19-13-9-7-12(8-10-13)15(18)21/h3-10H,2H2,1H3,(H2,18,21)(H,19,22)(H,20,23). The first-order valence-corrected chi connectivity index (χ1v) is 7.11. The highest BCUT2D eigenvalue weighted by Gasteiger charge is 2.15. The van der Waals surface area contributed by atoms with Gasteiger partial charge in [0.15, 0.2) is 0 Å². The number of anilines is 2. The molecule has 6 heteroatoms. The zero-order valence-corrected chi connectivity index (χ0v) is 12.6. The van der Waals surface area contributed by atoms with E-state index >= 15 is 0 Å². The molecule has 4 N–H and O–H groups in total. The van der Waals surface area contributed by atoms with Crippen molar-refractivity contribution in [1.29, 1.82) is 0 Å². The zero-order chi connectivity index (χ0) is 16.8. The van der Waals surface area contributed by atoms with Gasteiger partial charge in [-0.25, -0.2) is 0 Å². The topological polar surface area (TPSA) is 101 Å². The van der Waals surface area contributed by atoms with Crippen LogP contribution in [0.5, 0.6) is 0 Å². The number of aryl methyl sites for hydroxylation is 1. The predicted molar refractivity (Wildman–Crippen MR) is 88.0 cm³/mol. The number of rotatable bonds is 4. The van der Waals surface area contributed by atoms with Crippen LogP contribution in [0.2, 0.25) is 0 Å². The zero-order valence-electron chi connectivity index (χ0n) is 12.6. The number of amides is 3. The lowest BCUT2D eigenvalue weighted by Crippen LogP contribution is -2.29. The summed E-state index contributed by atoms with van der Waals surface area (Å²) in [5.74, 6) is -2.11. The molecule has 0 atom stereocenters. The van der Waals surface area contributed by atoms with Crippen molar-refractivity contribution < 1.29 is 14.4 Å². The van der Waals surface area contributed by atoms with Gasteiger partial charge in [0, 0.05) is 16.9 Å². The second-order valence-electron chi connectivity index (χ2n) is 4.86. The third kappa shape index (κ3) is 4.16. The van der Waals surface area contributed by atoms with Gasteiger partial charge < -0.3 is 16.4 Å². The summed E-state index contributed by atoms with van der Waals surface area (Å²) in [5, 5.41) is 5.05. The van der Waals surface area contributed by atoms with Crippen LogP contribution in [0.3, 0.4) is 0 Å². The highest BCUT2D eigenvalue weighted by molar-refractivity contribution is 6.43. The van der Waals surface area contributed by atoms with Gasteiger partial charge in [-0.15, -0.1) is 0 Å². The quantitative estimate of drug-likeness (QED) is 0.752. The molecule has 2 rings (SSSR count). The Morgan fingerprint density at radius 3 is 2.13 bits per heavy atom. The summed E-state index contributed by atoms with van der Waals surface area (Å²) in [6.45, 7) is 1.96. The Morgan fingerprint density at radius 2 is 1.52 bits per heavy atom. The van der Waals surface area contributed by atoms with E-state index in [0.29, 0.717) is 16.9 Å². The molecule has 0 radical (unpaired) electrons. The third-order valence-corrected chi connectivity index (χ3v) is 3.28. The monoisotopic (exact) mass is 311 g/mol. The number of hydrogen-bond acceptors (Lipinski definition) is 3. The molecular formula is C17H17N3O3. The van der Waals surface area contributed by atoms with Gasteiger partial charge >= 0.3 is 11.8 Å². The summed E-state index contributed by atoms with van der Waals surface area (Å²) in [6, 6.07) is 13.2. The van der Waals surface area contributed by atoms with Gasteiger partial charge in [-0.05, 0) is 42.3 Å². The third-order valence-electron chi connectivity index (χ3n) is 3.28. The molecule has 118 valence electrons. The Bertz CT molecular complexity index is 739. The number of para-hydroxylation sites is 1. The van der Waals surface area contributed by atoms with Crippen molar-refractivity contribution in [2.24, 2.45) is 5.73 Å². The minimum atomic E-state index is -0.789. The van der Waals surface area contributed by atoms with Crippen molar-refractivity contribution in [3.05, 3.63) is 59.7 Å². The molecule has 3 amide bonds. The average Bonchev–Trinajstić information content (AvgIpc) is 2.55. The van der Waals surface area contributed by atoms with Gasteiger partial charge in [0.05, 0.1) is 0 Å². The molecule has 0 heterocycles. The van der Waals surface area contributed by atoms with E-state index in [1.807, 2.05) is 19.1 Å². The van der Waals surface area contributed by atoms with E-state index in [1.54, 1.807) is 12.1 Å². The molecule has 2 aromatic rings. The van der Waals surface area contributed by atoms with Gasteiger partial charge in [-0.2, -0.15) is 0 Å².